The molecule has 24 heavy (non-hydrogen) atoms. The molecule has 0 aliphatic carbocycles. The lowest BCUT2D eigenvalue weighted by atomic mass is 10.1. The van der Waals surface area contributed by atoms with Crippen LogP contribution in [-0.2, 0) is 6.42 Å². The van der Waals surface area contributed by atoms with Crippen LogP contribution in [0.15, 0.2) is 66.1 Å². The highest BCUT2D eigenvalue weighted by molar-refractivity contribution is 8.00. The summed E-state index contributed by atoms with van der Waals surface area (Å²) in [6.45, 7) is 4.01. The molecule has 1 aromatic heterocycles. The second-order valence-electron chi connectivity index (χ2n) is 5.49. The van der Waals surface area contributed by atoms with E-state index in [4.69, 9.17) is 0 Å². The molecular weight excluding hydrogens is 318 g/mol. The zero-order valence-corrected chi connectivity index (χ0v) is 14.5. The highest BCUT2D eigenvalue weighted by Gasteiger charge is 2.19. The number of nitrogens with zero attached hydrogens (tertiary/aromatic N) is 3. The van der Waals surface area contributed by atoms with E-state index in [0.717, 1.165) is 17.7 Å². The number of para-hydroxylation sites is 1. The Hall–Kier alpha value is -2.40. The second-order valence-corrected chi connectivity index (χ2v) is 6.80. The summed E-state index contributed by atoms with van der Waals surface area (Å²) in [4.78, 5) is 12.6. The van der Waals surface area contributed by atoms with E-state index in [2.05, 4.69) is 17.1 Å². The van der Waals surface area contributed by atoms with Gasteiger partial charge in [-0.05, 0) is 31.0 Å². The maximum atomic E-state index is 12.6. The SMILES string of the molecule is CCc1ccc(C(=O)C(C)Sc2nncn2-c2ccccc2)cc1. The summed E-state index contributed by atoms with van der Waals surface area (Å²) in [7, 11) is 0. The van der Waals surface area contributed by atoms with Crippen LogP contribution >= 0.6 is 11.8 Å². The minimum absolute atomic E-state index is 0.102. The number of Topliss-reactive ketones (excluding diaryl/α,β-unsaturated/α-hetero) is 1. The van der Waals surface area contributed by atoms with Crippen LogP contribution in [0.2, 0.25) is 0 Å². The van der Waals surface area contributed by atoms with Crippen molar-refractivity contribution in [2.24, 2.45) is 0 Å². The van der Waals surface area contributed by atoms with Gasteiger partial charge >= 0.3 is 0 Å². The Kier molecular flexibility index (Phi) is 5.11. The van der Waals surface area contributed by atoms with E-state index in [1.54, 1.807) is 6.33 Å². The van der Waals surface area contributed by atoms with Gasteiger partial charge in [0.05, 0.1) is 5.25 Å². The van der Waals surface area contributed by atoms with Crippen molar-refractivity contribution in [2.45, 2.75) is 30.7 Å². The Morgan fingerprint density at radius 2 is 1.83 bits per heavy atom. The standard InChI is InChI=1S/C19H19N3OS/c1-3-15-9-11-16(12-10-15)18(23)14(2)24-19-21-20-13-22(19)17-7-5-4-6-8-17/h4-14H,3H2,1-2H3. The zero-order valence-electron chi connectivity index (χ0n) is 13.7. The van der Waals surface area contributed by atoms with Crippen molar-refractivity contribution in [1.29, 1.82) is 0 Å². The van der Waals surface area contributed by atoms with Gasteiger partial charge in [0, 0.05) is 11.3 Å². The van der Waals surface area contributed by atoms with E-state index in [1.807, 2.05) is 66.1 Å². The fourth-order valence-corrected chi connectivity index (χ4v) is 3.34. The molecule has 1 unspecified atom stereocenters. The molecule has 0 radical (unpaired) electrons. The van der Waals surface area contributed by atoms with Crippen LogP contribution in [0.5, 0.6) is 0 Å². The number of hydrogen-bond acceptors (Lipinski definition) is 4. The molecule has 0 saturated carbocycles. The Balaban J connectivity index is 1.76. The van der Waals surface area contributed by atoms with Crippen LogP contribution in [0, 0.1) is 0 Å². The Morgan fingerprint density at radius 3 is 2.50 bits per heavy atom. The number of ketones is 1. The summed E-state index contributed by atoms with van der Waals surface area (Å²) in [6, 6.07) is 17.7. The molecule has 0 aliphatic rings. The predicted octanol–water partition coefficient (Wildman–Crippen LogP) is 4.19. The molecule has 4 nitrogen and oxygen atoms in total. The number of rotatable bonds is 6. The minimum atomic E-state index is -0.232. The van der Waals surface area contributed by atoms with Gasteiger partial charge in [-0.15, -0.1) is 10.2 Å². The van der Waals surface area contributed by atoms with Crippen LogP contribution in [0.3, 0.4) is 0 Å². The highest BCUT2D eigenvalue weighted by Crippen LogP contribution is 2.26. The van der Waals surface area contributed by atoms with Crippen molar-refractivity contribution in [3.05, 3.63) is 72.1 Å². The number of hydrogen-bond donors (Lipinski definition) is 0. The quantitative estimate of drug-likeness (QED) is 0.500. The van der Waals surface area contributed by atoms with Gasteiger partial charge in [0.2, 0.25) is 0 Å². The topological polar surface area (TPSA) is 47.8 Å². The Morgan fingerprint density at radius 1 is 1.12 bits per heavy atom. The third kappa shape index (κ3) is 3.57. The third-order valence-corrected chi connectivity index (χ3v) is 4.91. The van der Waals surface area contributed by atoms with E-state index in [9.17, 15) is 4.79 Å². The van der Waals surface area contributed by atoms with Crippen molar-refractivity contribution < 1.29 is 4.79 Å². The van der Waals surface area contributed by atoms with E-state index in [0.29, 0.717) is 5.16 Å². The summed E-state index contributed by atoms with van der Waals surface area (Å²) in [5, 5.41) is 8.63. The van der Waals surface area contributed by atoms with E-state index in [-0.39, 0.29) is 11.0 Å². The van der Waals surface area contributed by atoms with Gasteiger partial charge in [-0.25, -0.2) is 0 Å². The van der Waals surface area contributed by atoms with Crippen molar-refractivity contribution in [2.75, 3.05) is 0 Å². The third-order valence-electron chi connectivity index (χ3n) is 3.85. The molecule has 0 spiro atoms. The fraction of sp³-hybridized carbons (Fsp3) is 0.211. The first-order valence-electron chi connectivity index (χ1n) is 7.94. The average molecular weight is 337 g/mol. The summed E-state index contributed by atoms with van der Waals surface area (Å²) in [5.74, 6) is 0.102. The molecule has 0 N–H and O–H groups in total. The monoisotopic (exact) mass is 337 g/mol. The summed E-state index contributed by atoms with van der Waals surface area (Å²) >= 11 is 1.42. The molecule has 2 aromatic carbocycles. The van der Waals surface area contributed by atoms with E-state index in [1.165, 1.54) is 17.3 Å². The van der Waals surface area contributed by atoms with Crippen LogP contribution in [-0.4, -0.2) is 25.8 Å². The smallest absolute Gasteiger partial charge is 0.196 e. The Labute approximate surface area is 145 Å². The number of aromatic nitrogens is 3. The van der Waals surface area contributed by atoms with E-state index >= 15 is 0 Å². The first-order chi connectivity index (χ1) is 11.7. The second kappa shape index (κ2) is 7.45. The molecule has 3 rings (SSSR count). The molecule has 5 heteroatoms. The summed E-state index contributed by atoms with van der Waals surface area (Å²) in [6.07, 6.45) is 2.64. The van der Waals surface area contributed by atoms with Crippen molar-refractivity contribution >= 4 is 17.5 Å². The lowest BCUT2D eigenvalue weighted by Gasteiger charge is -2.11. The van der Waals surface area contributed by atoms with Gasteiger partial charge in [-0.3, -0.25) is 9.36 Å². The van der Waals surface area contributed by atoms with Crippen LogP contribution in [0.25, 0.3) is 5.69 Å². The maximum Gasteiger partial charge on any atom is 0.196 e. The van der Waals surface area contributed by atoms with Crippen LogP contribution < -0.4 is 0 Å². The number of thioether (sulfide) groups is 1. The molecule has 0 amide bonds. The average Bonchev–Trinajstić information content (AvgIpc) is 3.10. The van der Waals surface area contributed by atoms with Gasteiger partial charge in [0.15, 0.2) is 10.9 Å². The first-order valence-corrected chi connectivity index (χ1v) is 8.82. The zero-order chi connectivity index (χ0) is 16.9. The highest BCUT2D eigenvalue weighted by atomic mass is 32.2. The molecule has 0 bridgehead atoms. The summed E-state index contributed by atoms with van der Waals surface area (Å²) < 4.78 is 1.90. The van der Waals surface area contributed by atoms with Crippen LogP contribution in [0.4, 0.5) is 0 Å². The molecule has 0 aliphatic heterocycles. The molecule has 1 heterocycles. The van der Waals surface area contributed by atoms with E-state index < -0.39 is 0 Å². The molecular formula is C19H19N3OS. The molecule has 0 saturated heterocycles. The molecule has 0 fully saturated rings. The molecule has 122 valence electrons. The molecule has 3 aromatic rings. The van der Waals surface area contributed by atoms with Crippen molar-refractivity contribution in [1.82, 2.24) is 14.8 Å². The Bertz CT molecular complexity index is 812. The maximum absolute atomic E-state index is 12.6. The van der Waals surface area contributed by atoms with Crippen molar-refractivity contribution in [3.63, 3.8) is 0 Å². The normalized spacial score (nSPS) is 12.1. The number of carbonyl (C=O) groups is 1. The van der Waals surface area contributed by atoms with Gasteiger partial charge in [-0.2, -0.15) is 0 Å². The van der Waals surface area contributed by atoms with Crippen LogP contribution in [0.1, 0.15) is 29.8 Å². The van der Waals surface area contributed by atoms with Gasteiger partial charge in [0.1, 0.15) is 6.33 Å². The number of benzene rings is 2. The number of carbonyl (C=O) groups excluding carboxylic acids is 1. The minimum Gasteiger partial charge on any atom is -0.293 e. The molecule has 1 atom stereocenters. The van der Waals surface area contributed by atoms with Crippen molar-refractivity contribution in [3.8, 4) is 5.69 Å². The number of aryl methyl sites for hydroxylation is 1. The fourth-order valence-electron chi connectivity index (χ4n) is 2.42. The summed E-state index contributed by atoms with van der Waals surface area (Å²) in [5.41, 5.74) is 2.95. The first kappa shape index (κ1) is 16.5. The predicted molar refractivity (Wildman–Crippen MR) is 96.8 cm³/mol. The van der Waals surface area contributed by atoms with Gasteiger partial charge < -0.3 is 0 Å². The lowest BCUT2D eigenvalue weighted by molar-refractivity contribution is 0.0994. The van der Waals surface area contributed by atoms with Gasteiger partial charge in [-0.1, -0.05) is 61.2 Å². The largest absolute Gasteiger partial charge is 0.293 e. The lowest BCUT2D eigenvalue weighted by Crippen LogP contribution is -2.14. The van der Waals surface area contributed by atoms with Gasteiger partial charge in [0.25, 0.3) is 0 Å².